The molecule has 3 nitrogen and oxygen atoms in total. The Morgan fingerprint density at radius 3 is 2.64 bits per heavy atom. The van der Waals surface area contributed by atoms with E-state index in [9.17, 15) is 8.78 Å². The molecule has 1 aliphatic rings. The molecule has 0 spiro atoms. The second-order valence-corrected chi connectivity index (χ2v) is 6.59. The molecular formula is C20H23F2NO2. The molecule has 1 unspecified atom stereocenters. The molecular weight excluding hydrogens is 324 g/mol. The molecule has 2 aromatic carbocycles. The topological polar surface area (TPSA) is 32.7 Å². The van der Waals surface area contributed by atoms with Crippen molar-refractivity contribution in [1.82, 2.24) is 4.90 Å². The summed E-state index contributed by atoms with van der Waals surface area (Å²) in [6.07, 6.45) is 1.73. The maximum atomic E-state index is 13.3. The summed E-state index contributed by atoms with van der Waals surface area (Å²) in [6.45, 7) is 3.01. The highest BCUT2D eigenvalue weighted by Crippen LogP contribution is 2.24. The number of nitrogens with zero attached hydrogens (tertiary/aromatic N) is 1. The van der Waals surface area contributed by atoms with Gasteiger partial charge in [-0.15, -0.1) is 0 Å². The molecule has 134 valence electrons. The quantitative estimate of drug-likeness (QED) is 0.833. The molecule has 3 rings (SSSR count). The van der Waals surface area contributed by atoms with Crippen LogP contribution >= 0.6 is 0 Å². The first-order valence-corrected chi connectivity index (χ1v) is 8.62. The summed E-state index contributed by atoms with van der Waals surface area (Å²) in [5.74, 6) is 0.154. The fourth-order valence-corrected chi connectivity index (χ4v) is 3.44. The molecule has 1 atom stereocenters. The first-order valence-electron chi connectivity index (χ1n) is 8.62. The maximum absolute atomic E-state index is 13.3. The lowest BCUT2D eigenvalue weighted by molar-refractivity contribution is 0.201. The van der Waals surface area contributed by atoms with Gasteiger partial charge in [0, 0.05) is 19.2 Å². The van der Waals surface area contributed by atoms with Crippen molar-refractivity contribution in [3.63, 3.8) is 0 Å². The van der Waals surface area contributed by atoms with E-state index in [1.54, 1.807) is 0 Å². The van der Waals surface area contributed by atoms with Gasteiger partial charge in [-0.25, -0.2) is 8.78 Å². The van der Waals surface area contributed by atoms with Crippen molar-refractivity contribution in [2.75, 3.05) is 26.3 Å². The number of hydrogen-bond acceptors (Lipinski definition) is 3. The van der Waals surface area contributed by atoms with Crippen molar-refractivity contribution in [3.8, 4) is 5.75 Å². The van der Waals surface area contributed by atoms with E-state index in [0.717, 1.165) is 49.0 Å². The third-order valence-corrected chi connectivity index (χ3v) is 4.48. The predicted molar refractivity (Wildman–Crippen MR) is 92.5 cm³/mol. The Hall–Kier alpha value is -1.98. The van der Waals surface area contributed by atoms with Crippen LogP contribution in [0.25, 0.3) is 0 Å². The normalized spacial score (nSPS) is 17.8. The number of hydrogen-bond donors (Lipinski definition) is 1. The van der Waals surface area contributed by atoms with Gasteiger partial charge in [-0.3, -0.25) is 4.90 Å². The largest absolute Gasteiger partial charge is 0.491 e. The summed E-state index contributed by atoms with van der Waals surface area (Å²) in [5.41, 5.74) is 1.89. The average Bonchev–Trinajstić information content (AvgIpc) is 2.99. The van der Waals surface area contributed by atoms with Crippen LogP contribution in [0.5, 0.6) is 5.75 Å². The third kappa shape index (κ3) is 5.25. The number of likely N-dealkylation sites (tertiary alicyclic amines) is 1. The van der Waals surface area contributed by atoms with Crippen molar-refractivity contribution < 1.29 is 18.6 Å². The van der Waals surface area contributed by atoms with E-state index in [1.807, 2.05) is 18.2 Å². The van der Waals surface area contributed by atoms with Crippen LogP contribution in [0.1, 0.15) is 17.5 Å². The predicted octanol–water partition coefficient (Wildman–Crippen LogP) is 3.40. The van der Waals surface area contributed by atoms with Crippen molar-refractivity contribution in [2.45, 2.75) is 19.4 Å². The van der Waals surface area contributed by atoms with E-state index in [4.69, 9.17) is 9.84 Å². The van der Waals surface area contributed by atoms with Crippen LogP contribution < -0.4 is 4.74 Å². The summed E-state index contributed by atoms with van der Waals surface area (Å²) >= 11 is 0. The SMILES string of the molecule is OCCOc1cccc(CN2CCC(Cc3cc(F)cc(F)c3)C2)c1. The molecule has 1 heterocycles. The van der Waals surface area contributed by atoms with Crippen LogP contribution in [0.15, 0.2) is 42.5 Å². The van der Waals surface area contributed by atoms with Crippen LogP contribution in [-0.4, -0.2) is 36.3 Å². The van der Waals surface area contributed by atoms with Gasteiger partial charge in [-0.1, -0.05) is 12.1 Å². The van der Waals surface area contributed by atoms with Gasteiger partial charge in [0.15, 0.2) is 0 Å². The van der Waals surface area contributed by atoms with Crippen molar-refractivity contribution in [2.24, 2.45) is 5.92 Å². The molecule has 5 heteroatoms. The Labute approximate surface area is 146 Å². The standard InChI is InChI=1S/C20H23F2NO2/c21-18-9-17(10-19(22)12-18)8-16-4-5-23(14-16)13-15-2-1-3-20(11-15)25-7-6-24/h1-3,9-12,16,24H,4-8,13-14H2. The lowest BCUT2D eigenvalue weighted by Crippen LogP contribution is -2.20. The lowest BCUT2D eigenvalue weighted by atomic mass is 9.98. The second-order valence-electron chi connectivity index (χ2n) is 6.59. The van der Waals surface area contributed by atoms with Crippen LogP contribution in [0.3, 0.4) is 0 Å². The maximum Gasteiger partial charge on any atom is 0.126 e. The highest BCUT2D eigenvalue weighted by Gasteiger charge is 2.23. The smallest absolute Gasteiger partial charge is 0.126 e. The first kappa shape index (κ1) is 17.8. The number of rotatable bonds is 7. The third-order valence-electron chi connectivity index (χ3n) is 4.48. The Morgan fingerprint density at radius 1 is 1.08 bits per heavy atom. The summed E-state index contributed by atoms with van der Waals surface area (Å²) in [6, 6.07) is 11.6. The van der Waals surface area contributed by atoms with Gasteiger partial charge in [0.2, 0.25) is 0 Å². The van der Waals surface area contributed by atoms with Gasteiger partial charge in [0.25, 0.3) is 0 Å². The zero-order chi connectivity index (χ0) is 17.6. The fourth-order valence-electron chi connectivity index (χ4n) is 3.44. The van der Waals surface area contributed by atoms with E-state index in [1.165, 1.54) is 12.1 Å². The van der Waals surface area contributed by atoms with Gasteiger partial charge in [0.1, 0.15) is 24.0 Å². The molecule has 1 N–H and O–H groups in total. The van der Waals surface area contributed by atoms with E-state index in [2.05, 4.69) is 11.0 Å². The van der Waals surface area contributed by atoms with Crippen LogP contribution in [0.2, 0.25) is 0 Å². The molecule has 1 aliphatic heterocycles. The number of aliphatic hydroxyl groups excluding tert-OH is 1. The molecule has 25 heavy (non-hydrogen) atoms. The van der Waals surface area contributed by atoms with Crippen molar-refractivity contribution >= 4 is 0 Å². The number of benzene rings is 2. The zero-order valence-corrected chi connectivity index (χ0v) is 14.1. The van der Waals surface area contributed by atoms with Crippen LogP contribution in [-0.2, 0) is 13.0 Å². The van der Waals surface area contributed by atoms with Gasteiger partial charge < -0.3 is 9.84 Å². The van der Waals surface area contributed by atoms with Gasteiger partial charge in [0.05, 0.1) is 6.61 Å². The van der Waals surface area contributed by atoms with Crippen LogP contribution in [0, 0.1) is 17.6 Å². The summed E-state index contributed by atoms with van der Waals surface area (Å²) < 4.78 is 32.1. The number of ether oxygens (including phenoxy) is 1. The Kier molecular flexibility index (Phi) is 6.00. The molecule has 0 saturated carbocycles. The molecule has 1 saturated heterocycles. The van der Waals surface area contributed by atoms with E-state index in [0.29, 0.717) is 18.9 Å². The highest BCUT2D eigenvalue weighted by molar-refractivity contribution is 5.28. The molecule has 0 radical (unpaired) electrons. The molecule has 0 aliphatic carbocycles. The Morgan fingerprint density at radius 2 is 1.88 bits per heavy atom. The summed E-state index contributed by atoms with van der Waals surface area (Å²) in [4.78, 5) is 2.35. The van der Waals surface area contributed by atoms with Crippen LogP contribution in [0.4, 0.5) is 8.78 Å². The van der Waals surface area contributed by atoms with Gasteiger partial charge in [-0.2, -0.15) is 0 Å². The van der Waals surface area contributed by atoms with Crippen molar-refractivity contribution in [1.29, 1.82) is 0 Å². The minimum Gasteiger partial charge on any atom is -0.491 e. The Balaban J connectivity index is 1.54. The average molecular weight is 347 g/mol. The van der Waals surface area contributed by atoms with E-state index >= 15 is 0 Å². The molecule has 2 aromatic rings. The summed E-state index contributed by atoms with van der Waals surface area (Å²) in [7, 11) is 0. The lowest BCUT2D eigenvalue weighted by Gasteiger charge is -2.17. The minimum atomic E-state index is -0.510. The molecule has 0 bridgehead atoms. The van der Waals surface area contributed by atoms with Gasteiger partial charge in [-0.05, 0) is 60.7 Å². The molecule has 0 amide bonds. The zero-order valence-electron chi connectivity index (χ0n) is 14.1. The fraction of sp³-hybridized carbons (Fsp3) is 0.400. The summed E-state index contributed by atoms with van der Waals surface area (Å²) in [5, 5.41) is 8.83. The highest BCUT2D eigenvalue weighted by atomic mass is 19.1. The molecule has 1 fully saturated rings. The number of halogens is 2. The van der Waals surface area contributed by atoms with Gasteiger partial charge >= 0.3 is 0 Å². The monoisotopic (exact) mass is 347 g/mol. The Bertz CT molecular complexity index is 688. The minimum absolute atomic E-state index is 0.00128. The molecule has 0 aromatic heterocycles. The van der Waals surface area contributed by atoms with E-state index in [-0.39, 0.29) is 6.61 Å². The van der Waals surface area contributed by atoms with Crippen molar-refractivity contribution in [3.05, 3.63) is 65.2 Å². The second kappa shape index (κ2) is 8.41. The number of aliphatic hydroxyl groups is 1. The van der Waals surface area contributed by atoms with E-state index < -0.39 is 11.6 Å². The first-order chi connectivity index (χ1) is 12.1.